The number of hydrogen-bond donors (Lipinski definition) is 1. The van der Waals surface area contributed by atoms with Gasteiger partial charge in [0.15, 0.2) is 0 Å². The lowest BCUT2D eigenvalue weighted by molar-refractivity contribution is -0.138. The van der Waals surface area contributed by atoms with Crippen molar-refractivity contribution in [2.24, 2.45) is 0 Å². The Hall–Kier alpha value is -1.75. The number of nitrogens with one attached hydrogen (secondary N) is 1. The van der Waals surface area contributed by atoms with E-state index in [-0.39, 0.29) is 28.4 Å². The maximum Gasteiger partial charge on any atom is 0.417 e. The summed E-state index contributed by atoms with van der Waals surface area (Å²) in [5, 5.41) is 12.0. The molecule has 0 radical (unpaired) electrons. The Morgan fingerprint density at radius 1 is 1.31 bits per heavy atom. The van der Waals surface area contributed by atoms with Crippen LogP contribution in [0, 0.1) is 18.3 Å². The Labute approximate surface area is 155 Å². The molecule has 1 heterocycles. The Bertz CT molecular complexity index is 677. The molecule has 0 saturated heterocycles. The molecule has 0 spiro atoms. The van der Waals surface area contributed by atoms with Crippen LogP contribution < -0.4 is 5.32 Å². The molecule has 0 bridgehead atoms. The van der Waals surface area contributed by atoms with E-state index >= 15 is 0 Å². The van der Waals surface area contributed by atoms with Crippen molar-refractivity contribution >= 4 is 17.7 Å². The second-order valence-electron chi connectivity index (χ2n) is 6.50. The van der Waals surface area contributed by atoms with E-state index in [0.717, 1.165) is 43.5 Å². The maximum atomic E-state index is 13.1. The van der Waals surface area contributed by atoms with E-state index in [2.05, 4.69) is 10.3 Å². The third-order valence-electron chi connectivity index (χ3n) is 4.34. The number of carbonyl (C=O) groups excluding carboxylic acids is 1. The molecule has 0 atom stereocenters. The van der Waals surface area contributed by atoms with Crippen LogP contribution in [-0.2, 0) is 11.0 Å². The Morgan fingerprint density at radius 3 is 2.50 bits per heavy atom. The molecule has 2 rings (SSSR count). The lowest BCUT2D eigenvalue weighted by Crippen LogP contribution is -2.36. The van der Waals surface area contributed by atoms with Crippen LogP contribution in [0.1, 0.15) is 61.8 Å². The molecular formula is C18H22F3N3OS. The molecule has 26 heavy (non-hydrogen) atoms. The van der Waals surface area contributed by atoms with Crippen molar-refractivity contribution in [1.82, 2.24) is 10.3 Å². The van der Waals surface area contributed by atoms with Gasteiger partial charge >= 0.3 is 6.18 Å². The highest BCUT2D eigenvalue weighted by atomic mass is 32.2. The van der Waals surface area contributed by atoms with E-state index in [0.29, 0.717) is 0 Å². The summed E-state index contributed by atoms with van der Waals surface area (Å²) >= 11 is 0.876. The van der Waals surface area contributed by atoms with Crippen LogP contribution >= 0.6 is 11.8 Å². The summed E-state index contributed by atoms with van der Waals surface area (Å²) in [4.78, 5) is 16.2. The first-order chi connectivity index (χ1) is 12.3. The molecule has 4 nitrogen and oxygen atoms in total. The minimum Gasteiger partial charge on any atom is -0.353 e. The third kappa shape index (κ3) is 5.90. The lowest BCUT2D eigenvalue weighted by atomic mass is 9.97. The van der Waals surface area contributed by atoms with Crippen LogP contribution in [0.25, 0.3) is 0 Å². The normalized spacial score (nSPS) is 16.4. The van der Waals surface area contributed by atoms with Crippen LogP contribution in [0.5, 0.6) is 0 Å². The molecule has 1 amide bonds. The van der Waals surface area contributed by atoms with Crippen molar-refractivity contribution in [3.8, 4) is 6.07 Å². The second kappa shape index (κ2) is 9.26. The molecule has 0 aromatic carbocycles. The largest absolute Gasteiger partial charge is 0.417 e. The van der Waals surface area contributed by atoms with Crippen molar-refractivity contribution in [3.63, 3.8) is 0 Å². The highest BCUT2D eigenvalue weighted by Crippen LogP contribution is 2.35. The Morgan fingerprint density at radius 2 is 1.92 bits per heavy atom. The molecule has 1 aromatic heterocycles. The predicted molar refractivity (Wildman–Crippen MR) is 93.7 cm³/mol. The zero-order chi connectivity index (χ0) is 19.2. The number of amides is 1. The van der Waals surface area contributed by atoms with Gasteiger partial charge in [-0.25, -0.2) is 4.98 Å². The van der Waals surface area contributed by atoms with Crippen LogP contribution in [0.15, 0.2) is 11.1 Å². The molecular weight excluding hydrogens is 363 g/mol. The van der Waals surface area contributed by atoms with E-state index in [9.17, 15) is 18.0 Å². The zero-order valence-electron chi connectivity index (χ0n) is 14.7. The van der Waals surface area contributed by atoms with Crippen LogP contribution in [0.4, 0.5) is 13.2 Å². The molecule has 0 unspecified atom stereocenters. The average molecular weight is 385 g/mol. The fourth-order valence-corrected chi connectivity index (χ4v) is 3.94. The quantitative estimate of drug-likeness (QED) is 0.769. The number of nitriles is 1. The minimum absolute atomic E-state index is 0.0485. The highest BCUT2D eigenvalue weighted by molar-refractivity contribution is 8.00. The fourth-order valence-electron chi connectivity index (χ4n) is 3.08. The number of pyridine rings is 1. The number of aromatic nitrogens is 1. The lowest BCUT2D eigenvalue weighted by Gasteiger charge is -2.21. The maximum absolute atomic E-state index is 13.1. The number of carbonyl (C=O) groups is 1. The van der Waals surface area contributed by atoms with Gasteiger partial charge in [0, 0.05) is 11.7 Å². The number of aryl methyl sites for hydroxylation is 1. The van der Waals surface area contributed by atoms with E-state index in [1.807, 2.05) is 0 Å². The Balaban J connectivity index is 2.03. The van der Waals surface area contributed by atoms with Crippen molar-refractivity contribution < 1.29 is 18.0 Å². The molecule has 1 aliphatic carbocycles. The Kier molecular flexibility index (Phi) is 7.33. The van der Waals surface area contributed by atoms with Gasteiger partial charge < -0.3 is 5.32 Å². The molecule has 1 aliphatic rings. The first-order valence-electron chi connectivity index (χ1n) is 8.72. The molecule has 142 valence electrons. The van der Waals surface area contributed by atoms with Crippen molar-refractivity contribution in [1.29, 1.82) is 5.26 Å². The minimum atomic E-state index is -4.63. The van der Waals surface area contributed by atoms with Gasteiger partial charge in [0.2, 0.25) is 5.91 Å². The summed E-state index contributed by atoms with van der Waals surface area (Å²) in [6, 6.07) is 2.56. The summed E-state index contributed by atoms with van der Waals surface area (Å²) in [5.41, 5.74) is -1.36. The molecule has 8 heteroatoms. The van der Waals surface area contributed by atoms with Gasteiger partial charge in [-0.3, -0.25) is 4.79 Å². The second-order valence-corrected chi connectivity index (χ2v) is 7.46. The number of halogens is 3. The number of nitrogens with zero attached hydrogens (tertiary/aromatic N) is 2. The van der Waals surface area contributed by atoms with Gasteiger partial charge in [-0.2, -0.15) is 18.4 Å². The van der Waals surface area contributed by atoms with E-state index in [1.54, 1.807) is 6.07 Å². The summed E-state index contributed by atoms with van der Waals surface area (Å²) in [7, 11) is 0. The molecule has 1 saturated carbocycles. The van der Waals surface area contributed by atoms with Gasteiger partial charge in [-0.1, -0.05) is 43.9 Å². The average Bonchev–Trinajstić information content (AvgIpc) is 2.54. The first kappa shape index (κ1) is 20.6. The van der Waals surface area contributed by atoms with Gasteiger partial charge in [0.25, 0.3) is 0 Å². The van der Waals surface area contributed by atoms with E-state index in [4.69, 9.17) is 5.26 Å². The van der Waals surface area contributed by atoms with Crippen molar-refractivity contribution in [2.75, 3.05) is 5.75 Å². The predicted octanol–water partition coefficient (Wildman–Crippen LogP) is 4.60. The SMILES string of the molecule is Cc1cc(C(F)(F)F)c(C#N)c(SCC(=O)NC2CCCCCCC2)n1. The van der Waals surface area contributed by atoms with Crippen LogP contribution in [0.3, 0.4) is 0 Å². The van der Waals surface area contributed by atoms with Crippen LogP contribution in [-0.4, -0.2) is 22.7 Å². The number of thioether (sulfide) groups is 1. The number of rotatable bonds is 4. The van der Waals surface area contributed by atoms with Gasteiger partial charge in [-0.05, 0) is 25.8 Å². The van der Waals surface area contributed by atoms with Crippen molar-refractivity contribution in [3.05, 3.63) is 22.9 Å². The van der Waals surface area contributed by atoms with Gasteiger partial charge in [-0.15, -0.1) is 0 Å². The smallest absolute Gasteiger partial charge is 0.353 e. The summed E-state index contributed by atoms with van der Waals surface area (Å²) < 4.78 is 39.3. The standard InChI is InChI=1S/C18H22F3N3OS/c1-12-9-15(18(19,20)21)14(10-22)17(23-12)26-11-16(25)24-13-7-5-3-2-4-6-8-13/h9,13H,2-8,11H2,1H3,(H,24,25). The van der Waals surface area contributed by atoms with E-state index in [1.165, 1.54) is 26.2 Å². The zero-order valence-corrected chi connectivity index (χ0v) is 15.5. The topological polar surface area (TPSA) is 65.8 Å². The third-order valence-corrected chi connectivity index (χ3v) is 5.32. The van der Waals surface area contributed by atoms with Crippen LogP contribution in [0.2, 0.25) is 0 Å². The van der Waals surface area contributed by atoms with Gasteiger partial charge in [0.05, 0.1) is 16.9 Å². The van der Waals surface area contributed by atoms with E-state index < -0.39 is 17.3 Å². The molecule has 1 aromatic rings. The molecule has 0 aliphatic heterocycles. The first-order valence-corrected chi connectivity index (χ1v) is 9.71. The number of alkyl halides is 3. The monoisotopic (exact) mass is 385 g/mol. The summed E-state index contributed by atoms with van der Waals surface area (Å²) in [5.74, 6) is -0.291. The molecule has 1 fully saturated rings. The molecule has 1 N–H and O–H groups in total. The fraction of sp³-hybridized carbons (Fsp3) is 0.611. The number of hydrogen-bond acceptors (Lipinski definition) is 4. The summed E-state index contributed by atoms with van der Waals surface area (Å²) in [6.45, 7) is 1.44. The van der Waals surface area contributed by atoms with Gasteiger partial charge in [0.1, 0.15) is 11.1 Å². The summed E-state index contributed by atoms with van der Waals surface area (Å²) in [6.07, 6.45) is 2.95. The highest BCUT2D eigenvalue weighted by Gasteiger charge is 2.35. The van der Waals surface area contributed by atoms with Crippen molar-refractivity contribution in [2.45, 2.75) is 69.1 Å².